The number of thiophene rings is 1. The highest BCUT2D eigenvalue weighted by Gasteiger charge is 2.32. The number of nitrogens with zero attached hydrogens (tertiary/aromatic N) is 1. The van der Waals surface area contributed by atoms with Gasteiger partial charge < -0.3 is 19.9 Å². The summed E-state index contributed by atoms with van der Waals surface area (Å²) in [6.45, 7) is 0.0101. The van der Waals surface area contributed by atoms with Crippen LogP contribution in [0, 0.1) is 11.6 Å². The molecule has 2 N–H and O–H groups in total. The molecule has 0 unspecified atom stereocenters. The van der Waals surface area contributed by atoms with Gasteiger partial charge in [0, 0.05) is 17.8 Å². The van der Waals surface area contributed by atoms with E-state index in [2.05, 4.69) is 5.32 Å². The molecule has 1 aliphatic rings. The zero-order valence-corrected chi connectivity index (χ0v) is 22.9. The van der Waals surface area contributed by atoms with E-state index < -0.39 is 23.5 Å². The molecule has 0 bridgehead atoms. The minimum absolute atomic E-state index is 0.0101. The van der Waals surface area contributed by atoms with Crippen LogP contribution >= 0.6 is 35.3 Å². The Balaban J connectivity index is 1.42. The molecule has 202 valence electrons. The normalized spacial score (nSPS) is 14.2. The maximum atomic E-state index is 13.6. The van der Waals surface area contributed by atoms with E-state index in [4.69, 9.17) is 21.7 Å². The number of thioether (sulfide) groups is 1. The molecule has 2 heterocycles. The molecule has 0 aliphatic carbocycles. The van der Waals surface area contributed by atoms with Gasteiger partial charge in [-0.3, -0.25) is 14.5 Å². The van der Waals surface area contributed by atoms with Gasteiger partial charge in [-0.25, -0.2) is 13.6 Å². The molecule has 1 saturated heterocycles. The van der Waals surface area contributed by atoms with E-state index in [0.29, 0.717) is 16.0 Å². The van der Waals surface area contributed by atoms with Gasteiger partial charge in [-0.2, -0.15) is 0 Å². The van der Waals surface area contributed by atoms with E-state index in [1.807, 2.05) is 0 Å². The number of rotatable bonds is 9. The molecule has 0 radical (unpaired) electrons. The monoisotopic (exact) mass is 590 g/mol. The summed E-state index contributed by atoms with van der Waals surface area (Å²) >= 11 is 7.77. The van der Waals surface area contributed by atoms with Gasteiger partial charge in [0.15, 0.2) is 11.6 Å². The van der Waals surface area contributed by atoms with Crippen LogP contribution in [-0.2, 0) is 9.59 Å². The van der Waals surface area contributed by atoms with Crippen molar-refractivity contribution < 1.29 is 37.7 Å². The van der Waals surface area contributed by atoms with Crippen LogP contribution in [0.25, 0.3) is 17.2 Å². The number of hydrogen-bond acceptors (Lipinski definition) is 8. The molecule has 0 saturated carbocycles. The number of amides is 2. The lowest BCUT2D eigenvalue weighted by Crippen LogP contribution is -2.31. The predicted octanol–water partition coefficient (Wildman–Crippen LogP) is 5.64. The fourth-order valence-electron chi connectivity index (χ4n) is 3.65. The second-order valence-electron chi connectivity index (χ2n) is 8.06. The Labute approximate surface area is 235 Å². The van der Waals surface area contributed by atoms with E-state index in [1.54, 1.807) is 17.5 Å². The Morgan fingerprint density at radius 1 is 1.08 bits per heavy atom. The second-order valence-corrected chi connectivity index (χ2v) is 10.7. The van der Waals surface area contributed by atoms with Crippen molar-refractivity contribution in [2.24, 2.45) is 0 Å². The molecule has 2 aromatic carbocycles. The fraction of sp³-hybridized carbons (Fsp3) is 0.154. The molecule has 2 amide bonds. The van der Waals surface area contributed by atoms with Gasteiger partial charge >= 0.3 is 5.97 Å². The molecule has 0 spiro atoms. The lowest BCUT2D eigenvalue weighted by Gasteiger charge is -2.17. The predicted molar refractivity (Wildman–Crippen MR) is 149 cm³/mol. The second kappa shape index (κ2) is 11.9. The Morgan fingerprint density at radius 2 is 1.77 bits per heavy atom. The first-order valence-corrected chi connectivity index (χ1v) is 13.3. The Kier molecular flexibility index (Phi) is 8.63. The van der Waals surface area contributed by atoms with Crippen molar-refractivity contribution in [3.8, 4) is 22.6 Å². The maximum Gasteiger partial charge on any atom is 0.335 e. The summed E-state index contributed by atoms with van der Waals surface area (Å²) in [4.78, 5) is 39.4. The number of carboxylic acids is 1. The lowest BCUT2D eigenvalue weighted by molar-refractivity contribution is -0.122. The van der Waals surface area contributed by atoms with Crippen molar-refractivity contribution in [1.82, 2.24) is 4.90 Å². The summed E-state index contributed by atoms with van der Waals surface area (Å²) in [7, 11) is 2.66. The van der Waals surface area contributed by atoms with Crippen molar-refractivity contribution in [3.05, 3.63) is 68.8 Å². The molecule has 1 aliphatic heterocycles. The van der Waals surface area contributed by atoms with Crippen LogP contribution in [0.5, 0.6) is 11.5 Å². The van der Waals surface area contributed by atoms with Gasteiger partial charge in [-0.05, 0) is 52.9 Å². The average Bonchev–Trinajstić information content (AvgIpc) is 3.48. The van der Waals surface area contributed by atoms with Gasteiger partial charge in [0.05, 0.1) is 24.7 Å². The highest BCUT2D eigenvalue weighted by Crippen LogP contribution is 2.37. The third kappa shape index (κ3) is 6.27. The van der Waals surface area contributed by atoms with Gasteiger partial charge in [-0.15, -0.1) is 11.3 Å². The van der Waals surface area contributed by atoms with Crippen LogP contribution in [0.15, 0.2) is 46.7 Å². The molecule has 8 nitrogen and oxygen atoms in total. The largest absolute Gasteiger partial charge is 0.494 e. The summed E-state index contributed by atoms with van der Waals surface area (Å²) in [5, 5.41) is 13.7. The summed E-state index contributed by atoms with van der Waals surface area (Å²) in [6.07, 6.45) is 1.55. The Hall–Kier alpha value is -3.81. The number of hydrogen-bond donors (Lipinski definition) is 2. The standard InChI is InChI=1S/C26H20F2N2O6S3/c1-35-19-9-14(25(33)34)10-20(36-2)23(19)29-22(31)5-6-30-24(32)21(39-26(30)37)11-16-7-15(12-38-16)13-3-4-17(27)18(28)8-13/h3-4,7-12H,5-6H2,1-2H3,(H,29,31)(H,33,34). The van der Waals surface area contributed by atoms with Gasteiger partial charge in [0.25, 0.3) is 5.91 Å². The molecular weight excluding hydrogens is 570 g/mol. The van der Waals surface area contributed by atoms with E-state index in [-0.39, 0.29) is 45.9 Å². The molecule has 3 aromatic rings. The van der Waals surface area contributed by atoms with Crippen molar-refractivity contribution in [1.29, 1.82) is 0 Å². The maximum absolute atomic E-state index is 13.6. The smallest absolute Gasteiger partial charge is 0.335 e. The highest BCUT2D eigenvalue weighted by molar-refractivity contribution is 8.26. The van der Waals surface area contributed by atoms with Gasteiger partial charge in [0.1, 0.15) is 21.5 Å². The van der Waals surface area contributed by atoms with E-state index in [1.165, 1.54) is 48.7 Å². The number of carboxylic acid groups (broad SMARTS) is 1. The number of aromatic carboxylic acids is 1. The zero-order chi connectivity index (χ0) is 28.3. The summed E-state index contributed by atoms with van der Waals surface area (Å²) in [6, 6.07) is 7.91. The van der Waals surface area contributed by atoms with E-state index in [0.717, 1.165) is 28.8 Å². The number of thiocarbonyl (C=S) groups is 1. The van der Waals surface area contributed by atoms with E-state index in [9.17, 15) is 28.3 Å². The van der Waals surface area contributed by atoms with Crippen LogP contribution in [0.4, 0.5) is 14.5 Å². The number of anilines is 1. The highest BCUT2D eigenvalue weighted by atomic mass is 32.2. The summed E-state index contributed by atoms with van der Waals surface area (Å²) in [5.74, 6) is -3.68. The quantitative estimate of drug-likeness (QED) is 0.244. The molecule has 0 atom stereocenters. The van der Waals surface area contributed by atoms with Crippen LogP contribution in [0.2, 0.25) is 0 Å². The molecular formula is C26H20F2N2O6S3. The van der Waals surface area contributed by atoms with Crippen LogP contribution in [0.1, 0.15) is 21.7 Å². The lowest BCUT2D eigenvalue weighted by atomic mass is 10.1. The fourth-order valence-corrected chi connectivity index (χ4v) is 5.87. The number of benzene rings is 2. The average molecular weight is 591 g/mol. The molecule has 1 aromatic heterocycles. The minimum atomic E-state index is -1.19. The molecule has 4 rings (SSSR count). The van der Waals surface area contributed by atoms with Crippen molar-refractivity contribution in [2.45, 2.75) is 6.42 Å². The number of carbonyl (C=O) groups is 3. The number of ether oxygens (including phenoxy) is 2. The van der Waals surface area contributed by atoms with Crippen LogP contribution < -0.4 is 14.8 Å². The Morgan fingerprint density at radius 3 is 2.38 bits per heavy atom. The number of halogens is 2. The first-order chi connectivity index (χ1) is 18.6. The zero-order valence-electron chi connectivity index (χ0n) is 20.4. The third-order valence-electron chi connectivity index (χ3n) is 5.60. The Bertz CT molecular complexity index is 1500. The van der Waals surface area contributed by atoms with Crippen molar-refractivity contribution in [2.75, 3.05) is 26.1 Å². The minimum Gasteiger partial charge on any atom is -0.494 e. The number of methoxy groups -OCH3 is 2. The SMILES string of the molecule is COc1cc(C(=O)O)cc(OC)c1NC(=O)CCN1C(=O)C(=Cc2cc(-c3ccc(F)c(F)c3)cs2)SC1=S. The molecule has 1 fully saturated rings. The van der Waals surface area contributed by atoms with Crippen LogP contribution in [-0.4, -0.2) is 52.9 Å². The summed E-state index contributed by atoms with van der Waals surface area (Å²) in [5.41, 5.74) is 1.28. The molecule has 13 heteroatoms. The third-order valence-corrected chi connectivity index (χ3v) is 7.86. The van der Waals surface area contributed by atoms with Crippen molar-refractivity contribution in [3.63, 3.8) is 0 Å². The van der Waals surface area contributed by atoms with Crippen LogP contribution in [0.3, 0.4) is 0 Å². The van der Waals surface area contributed by atoms with Gasteiger partial charge in [-0.1, -0.05) is 30.0 Å². The first-order valence-electron chi connectivity index (χ1n) is 11.2. The molecule has 39 heavy (non-hydrogen) atoms. The number of nitrogens with one attached hydrogen (secondary N) is 1. The first kappa shape index (κ1) is 28.2. The summed E-state index contributed by atoms with van der Waals surface area (Å²) < 4.78 is 37.6. The van der Waals surface area contributed by atoms with E-state index >= 15 is 0 Å². The van der Waals surface area contributed by atoms with Crippen molar-refractivity contribution >= 4 is 69.2 Å². The number of carbonyl (C=O) groups excluding carboxylic acids is 2. The van der Waals surface area contributed by atoms with Gasteiger partial charge in [0.2, 0.25) is 5.91 Å². The topological polar surface area (TPSA) is 105 Å².